The van der Waals surface area contributed by atoms with Crippen LogP contribution in [-0.2, 0) is 9.53 Å². The molecule has 0 bridgehead atoms. The number of methoxy groups -OCH3 is 2. The Morgan fingerprint density at radius 3 is 2.67 bits per heavy atom. The van der Waals surface area contributed by atoms with E-state index in [4.69, 9.17) is 14.2 Å². The summed E-state index contributed by atoms with van der Waals surface area (Å²) in [7, 11) is 3.18. The van der Waals surface area contributed by atoms with Crippen LogP contribution in [0, 0.1) is 0 Å². The van der Waals surface area contributed by atoms with Gasteiger partial charge in [0, 0.05) is 17.3 Å². The Bertz CT molecular complexity index is 685. The molecule has 1 heterocycles. The topological polar surface area (TPSA) is 69.2 Å². The number of nitrogens with zero attached hydrogens (tertiary/aromatic N) is 1. The van der Waals surface area contributed by atoms with Crippen LogP contribution in [0.5, 0.6) is 11.5 Å². The molecular weight excluding hydrogens is 328 g/mol. The first-order valence-electron chi connectivity index (χ1n) is 7.54. The number of amidine groups is 1. The summed E-state index contributed by atoms with van der Waals surface area (Å²) in [5, 5.41) is 3.88. The predicted octanol–water partition coefficient (Wildman–Crippen LogP) is 2.90. The van der Waals surface area contributed by atoms with Gasteiger partial charge in [-0.05, 0) is 32.2 Å². The lowest BCUT2D eigenvalue weighted by molar-refractivity contribution is -0.138. The maximum atomic E-state index is 12.4. The lowest BCUT2D eigenvalue weighted by atomic mass is 9.95. The number of carbonyl (C=O) groups is 1. The lowest BCUT2D eigenvalue weighted by Crippen LogP contribution is -2.30. The van der Waals surface area contributed by atoms with E-state index in [2.05, 4.69) is 10.3 Å². The maximum absolute atomic E-state index is 12.4. The van der Waals surface area contributed by atoms with Gasteiger partial charge in [0.1, 0.15) is 17.5 Å². The summed E-state index contributed by atoms with van der Waals surface area (Å²) in [5.74, 6) is 0.909. The quantitative estimate of drug-likeness (QED) is 0.824. The summed E-state index contributed by atoms with van der Waals surface area (Å²) in [6.45, 7) is 3.94. The molecule has 0 radical (unpaired) electrons. The van der Waals surface area contributed by atoms with Gasteiger partial charge in [0.05, 0.1) is 26.4 Å². The van der Waals surface area contributed by atoms with Gasteiger partial charge < -0.3 is 19.5 Å². The average molecular weight is 350 g/mol. The molecule has 0 fully saturated rings. The highest BCUT2D eigenvalue weighted by atomic mass is 32.2. The van der Waals surface area contributed by atoms with Crippen LogP contribution in [0.2, 0.25) is 0 Å². The predicted molar refractivity (Wildman–Crippen MR) is 95.7 cm³/mol. The van der Waals surface area contributed by atoms with Crippen molar-refractivity contribution in [2.75, 3.05) is 27.1 Å². The van der Waals surface area contributed by atoms with E-state index in [1.165, 1.54) is 11.8 Å². The van der Waals surface area contributed by atoms with E-state index < -0.39 is 6.04 Å². The number of aliphatic imine (C=N–C) groups is 1. The van der Waals surface area contributed by atoms with Crippen LogP contribution < -0.4 is 14.8 Å². The number of ether oxygens (including phenoxy) is 3. The number of nitrogens with one attached hydrogen (secondary N) is 1. The Kier molecular flexibility index (Phi) is 6.14. The Morgan fingerprint density at radius 1 is 1.33 bits per heavy atom. The monoisotopic (exact) mass is 350 g/mol. The summed E-state index contributed by atoms with van der Waals surface area (Å²) in [4.78, 5) is 17.1. The SMILES string of the molecule is CCOC(=O)C1=C(C)NC(SC)=N[C@@H]1c1ccc(OC)cc1OC. The second-order valence-corrected chi connectivity index (χ2v) is 5.83. The standard InChI is InChI=1S/C17H22N2O4S/c1-6-23-16(20)14-10(2)18-17(24-5)19-15(14)12-8-7-11(21-3)9-13(12)22-4/h7-9,15H,6H2,1-5H3,(H,18,19)/t15-/m1/s1. The molecule has 0 aliphatic carbocycles. The van der Waals surface area contributed by atoms with Crippen LogP contribution in [0.1, 0.15) is 25.5 Å². The van der Waals surface area contributed by atoms with Crippen molar-refractivity contribution < 1.29 is 19.0 Å². The van der Waals surface area contributed by atoms with Gasteiger partial charge in [0.25, 0.3) is 0 Å². The van der Waals surface area contributed by atoms with E-state index in [-0.39, 0.29) is 5.97 Å². The summed E-state index contributed by atoms with van der Waals surface area (Å²) in [6.07, 6.45) is 1.93. The van der Waals surface area contributed by atoms with Crippen LogP contribution in [0.15, 0.2) is 34.5 Å². The molecular formula is C17H22N2O4S. The van der Waals surface area contributed by atoms with E-state index in [0.29, 0.717) is 23.7 Å². The van der Waals surface area contributed by atoms with Crippen LogP contribution >= 0.6 is 11.8 Å². The largest absolute Gasteiger partial charge is 0.497 e. The van der Waals surface area contributed by atoms with E-state index in [9.17, 15) is 4.79 Å². The molecule has 130 valence electrons. The molecule has 0 saturated heterocycles. The molecule has 2 rings (SSSR count). The van der Waals surface area contributed by atoms with E-state index >= 15 is 0 Å². The highest BCUT2D eigenvalue weighted by Crippen LogP contribution is 2.38. The van der Waals surface area contributed by atoms with Gasteiger partial charge in [-0.25, -0.2) is 9.79 Å². The van der Waals surface area contributed by atoms with E-state index in [0.717, 1.165) is 16.4 Å². The molecule has 1 aliphatic rings. The highest BCUT2D eigenvalue weighted by molar-refractivity contribution is 8.13. The van der Waals surface area contributed by atoms with Crippen molar-refractivity contribution in [1.82, 2.24) is 5.32 Å². The van der Waals surface area contributed by atoms with Gasteiger partial charge in [-0.15, -0.1) is 0 Å². The zero-order valence-electron chi connectivity index (χ0n) is 14.5. The summed E-state index contributed by atoms with van der Waals surface area (Å²) >= 11 is 1.48. The first kappa shape index (κ1) is 18.2. The van der Waals surface area contributed by atoms with Crippen LogP contribution in [0.3, 0.4) is 0 Å². The number of hydrogen-bond acceptors (Lipinski definition) is 7. The molecule has 1 aliphatic heterocycles. The molecule has 1 aromatic carbocycles. The average Bonchev–Trinajstić information content (AvgIpc) is 2.60. The Morgan fingerprint density at radius 2 is 2.08 bits per heavy atom. The number of carbonyl (C=O) groups excluding carboxylic acids is 1. The molecule has 0 amide bonds. The fourth-order valence-electron chi connectivity index (χ4n) is 2.49. The number of esters is 1. The zero-order valence-corrected chi connectivity index (χ0v) is 15.3. The Hall–Kier alpha value is -2.15. The highest BCUT2D eigenvalue weighted by Gasteiger charge is 2.32. The van der Waals surface area contributed by atoms with Crippen molar-refractivity contribution in [2.24, 2.45) is 4.99 Å². The molecule has 24 heavy (non-hydrogen) atoms. The third kappa shape index (κ3) is 3.67. The lowest BCUT2D eigenvalue weighted by Gasteiger charge is -2.26. The van der Waals surface area contributed by atoms with E-state index in [1.807, 2.05) is 25.3 Å². The van der Waals surface area contributed by atoms with Crippen LogP contribution in [-0.4, -0.2) is 38.2 Å². The number of thioether (sulfide) groups is 1. The van der Waals surface area contributed by atoms with Gasteiger partial charge in [-0.3, -0.25) is 0 Å². The normalized spacial score (nSPS) is 17.0. The first-order valence-corrected chi connectivity index (χ1v) is 8.76. The fraction of sp³-hybridized carbons (Fsp3) is 0.412. The minimum Gasteiger partial charge on any atom is -0.497 e. The molecule has 1 atom stereocenters. The molecule has 0 unspecified atom stereocenters. The molecule has 1 N–H and O–H groups in total. The third-order valence-electron chi connectivity index (χ3n) is 3.64. The van der Waals surface area contributed by atoms with Gasteiger partial charge in [0.2, 0.25) is 0 Å². The zero-order chi connectivity index (χ0) is 17.7. The molecule has 0 saturated carbocycles. The van der Waals surface area contributed by atoms with Crippen molar-refractivity contribution in [3.8, 4) is 11.5 Å². The molecule has 7 heteroatoms. The van der Waals surface area contributed by atoms with Gasteiger partial charge in [-0.2, -0.15) is 0 Å². The minimum atomic E-state index is -0.492. The smallest absolute Gasteiger partial charge is 0.338 e. The molecule has 1 aromatic rings. The third-order valence-corrected chi connectivity index (χ3v) is 4.24. The van der Waals surface area contributed by atoms with Crippen molar-refractivity contribution >= 4 is 22.9 Å². The first-order chi connectivity index (χ1) is 11.5. The van der Waals surface area contributed by atoms with Gasteiger partial charge in [0.15, 0.2) is 5.17 Å². The Labute approximate surface area is 146 Å². The maximum Gasteiger partial charge on any atom is 0.338 e. The summed E-state index contributed by atoms with van der Waals surface area (Å²) in [5.41, 5.74) is 2.00. The number of hydrogen-bond donors (Lipinski definition) is 1. The van der Waals surface area contributed by atoms with Crippen molar-refractivity contribution in [1.29, 1.82) is 0 Å². The second-order valence-electron chi connectivity index (χ2n) is 5.03. The Balaban J connectivity index is 2.55. The van der Waals surface area contributed by atoms with Crippen molar-refractivity contribution in [2.45, 2.75) is 19.9 Å². The molecule has 6 nitrogen and oxygen atoms in total. The minimum absolute atomic E-state index is 0.307. The fourth-order valence-corrected chi connectivity index (χ4v) is 2.96. The number of benzene rings is 1. The van der Waals surface area contributed by atoms with Gasteiger partial charge in [-0.1, -0.05) is 11.8 Å². The van der Waals surface area contributed by atoms with Crippen molar-refractivity contribution in [3.63, 3.8) is 0 Å². The second kappa shape index (κ2) is 8.10. The van der Waals surface area contributed by atoms with Crippen LogP contribution in [0.4, 0.5) is 0 Å². The molecule has 0 spiro atoms. The number of rotatable bonds is 5. The van der Waals surface area contributed by atoms with Gasteiger partial charge >= 0.3 is 5.97 Å². The van der Waals surface area contributed by atoms with Crippen LogP contribution in [0.25, 0.3) is 0 Å². The van der Waals surface area contributed by atoms with Crippen molar-refractivity contribution in [3.05, 3.63) is 35.0 Å². The molecule has 0 aromatic heterocycles. The number of allylic oxidation sites excluding steroid dienone is 1. The van der Waals surface area contributed by atoms with E-state index in [1.54, 1.807) is 27.2 Å². The summed E-state index contributed by atoms with van der Waals surface area (Å²) in [6, 6.07) is 4.98. The summed E-state index contributed by atoms with van der Waals surface area (Å²) < 4.78 is 15.9.